The standard InChI is InChI=1S/C25H25N7O/c1-15(20-4-3-5-23-25(20)28-9-8-27-23)33-19-6-7-22-21(12-19)24(31-30-22)16-13-29-32(14-16)18-10-17(11-18)26-2/h3-9,12-15,17-18,26H,10-11H2,1-2H3,(H,30,31). The van der Waals surface area contributed by atoms with Gasteiger partial charge in [-0.25, -0.2) is 0 Å². The molecule has 1 aliphatic rings. The highest BCUT2D eigenvalue weighted by atomic mass is 16.5. The van der Waals surface area contributed by atoms with Gasteiger partial charge in [0.1, 0.15) is 17.5 Å². The highest BCUT2D eigenvalue weighted by molar-refractivity contribution is 5.93. The van der Waals surface area contributed by atoms with E-state index in [9.17, 15) is 0 Å². The molecular weight excluding hydrogens is 414 g/mol. The summed E-state index contributed by atoms with van der Waals surface area (Å²) in [4.78, 5) is 8.91. The van der Waals surface area contributed by atoms with E-state index in [1.54, 1.807) is 12.4 Å². The molecule has 5 aromatic rings. The maximum atomic E-state index is 6.33. The molecule has 0 bridgehead atoms. The fourth-order valence-electron chi connectivity index (χ4n) is 4.60. The molecule has 3 aromatic heterocycles. The minimum absolute atomic E-state index is 0.181. The first kappa shape index (κ1) is 19.9. The lowest BCUT2D eigenvalue weighted by atomic mass is 9.87. The van der Waals surface area contributed by atoms with E-state index in [1.165, 1.54) is 0 Å². The van der Waals surface area contributed by atoms with Crippen LogP contribution in [0.25, 0.3) is 33.2 Å². The Bertz CT molecular complexity index is 1430. The molecule has 6 rings (SSSR count). The Kier molecular flexibility index (Phi) is 4.80. The second-order valence-electron chi connectivity index (χ2n) is 8.63. The topological polar surface area (TPSA) is 93.5 Å². The summed E-state index contributed by atoms with van der Waals surface area (Å²) >= 11 is 0. The Morgan fingerprint density at radius 2 is 2.03 bits per heavy atom. The van der Waals surface area contributed by atoms with Crippen LogP contribution < -0.4 is 10.1 Å². The van der Waals surface area contributed by atoms with Crippen molar-refractivity contribution in [2.75, 3.05) is 7.05 Å². The number of rotatable bonds is 6. The zero-order valence-corrected chi connectivity index (χ0v) is 18.6. The fourth-order valence-corrected chi connectivity index (χ4v) is 4.60. The largest absolute Gasteiger partial charge is 0.486 e. The number of nitrogens with one attached hydrogen (secondary N) is 2. The molecule has 0 amide bonds. The van der Waals surface area contributed by atoms with Gasteiger partial charge in [0.25, 0.3) is 0 Å². The zero-order valence-electron chi connectivity index (χ0n) is 18.6. The summed E-state index contributed by atoms with van der Waals surface area (Å²) in [5.74, 6) is 0.779. The number of para-hydroxylation sites is 1. The van der Waals surface area contributed by atoms with Crippen LogP contribution in [0.15, 0.2) is 61.2 Å². The smallest absolute Gasteiger partial charge is 0.123 e. The molecule has 0 saturated heterocycles. The Morgan fingerprint density at radius 1 is 1.15 bits per heavy atom. The number of benzene rings is 2. The van der Waals surface area contributed by atoms with Crippen molar-refractivity contribution >= 4 is 21.9 Å². The molecule has 0 radical (unpaired) electrons. The van der Waals surface area contributed by atoms with Crippen LogP contribution in [-0.2, 0) is 0 Å². The molecule has 2 aromatic carbocycles. The van der Waals surface area contributed by atoms with Crippen molar-refractivity contribution in [1.82, 2.24) is 35.3 Å². The van der Waals surface area contributed by atoms with Crippen molar-refractivity contribution in [3.63, 3.8) is 0 Å². The van der Waals surface area contributed by atoms with Gasteiger partial charge in [0.15, 0.2) is 0 Å². The Morgan fingerprint density at radius 3 is 2.91 bits per heavy atom. The number of aromatic amines is 1. The number of fused-ring (bicyclic) bond motifs is 2. The number of H-pyrrole nitrogens is 1. The van der Waals surface area contributed by atoms with Crippen LogP contribution in [0.2, 0.25) is 0 Å². The molecule has 1 fully saturated rings. The molecule has 1 saturated carbocycles. The molecule has 8 heteroatoms. The lowest BCUT2D eigenvalue weighted by molar-refractivity contribution is 0.220. The minimum atomic E-state index is -0.181. The number of hydrogen-bond donors (Lipinski definition) is 2. The summed E-state index contributed by atoms with van der Waals surface area (Å²) in [6.07, 6.45) is 9.44. The van der Waals surface area contributed by atoms with Crippen molar-refractivity contribution in [1.29, 1.82) is 0 Å². The van der Waals surface area contributed by atoms with Gasteiger partial charge < -0.3 is 10.1 Å². The maximum absolute atomic E-state index is 6.33. The second kappa shape index (κ2) is 7.97. The van der Waals surface area contributed by atoms with Crippen LogP contribution in [0.1, 0.15) is 37.5 Å². The van der Waals surface area contributed by atoms with E-state index in [4.69, 9.17) is 4.74 Å². The van der Waals surface area contributed by atoms with E-state index >= 15 is 0 Å². The van der Waals surface area contributed by atoms with Crippen molar-refractivity contribution in [3.05, 3.63) is 66.7 Å². The zero-order chi connectivity index (χ0) is 22.4. The summed E-state index contributed by atoms with van der Waals surface area (Å²) in [7, 11) is 2.01. The van der Waals surface area contributed by atoms with E-state index in [2.05, 4.69) is 41.5 Å². The SMILES string of the molecule is CNC1CC(n2cc(-c3n[nH]c4ccc(OC(C)c5cccc6nccnc56)cc34)cn2)C1. The van der Waals surface area contributed by atoms with Crippen molar-refractivity contribution < 1.29 is 4.74 Å². The molecule has 0 spiro atoms. The average molecular weight is 440 g/mol. The Hall–Kier alpha value is -3.78. The minimum Gasteiger partial charge on any atom is -0.486 e. The van der Waals surface area contributed by atoms with E-state index in [0.717, 1.165) is 57.3 Å². The first-order valence-electron chi connectivity index (χ1n) is 11.3. The molecule has 2 N–H and O–H groups in total. The van der Waals surface area contributed by atoms with Gasteiger partial charge in [-0.3, -0.25) is 19.7 Å². The number of hydrogen-bond acceptors (Lipinski definition) is 6. The van der Waals surface area contributed by atoms with E-state index in [1.807, 2.05) is 56.6 Å². The van der Waals surface area contributed by atoms with E-state index in [-0.39, 0.29) is 6.10 Å². The quantitative estimate of drug-likeness (QED) is 0.406. The molecule has 1 atom stereocenters. The molecular formula is C25H25N7O. The Labute approximate surface area is 191 Å². The highest BCUT2D eigenvalue weighted by Crippen LogP contribution is 2.35. The second-order valence-corrected chi connectivity index (χ2v) is 8.63. The normalized spacial score (nSPS) is 19.0. The van der Waals surface area contributed by atoms with Crippen LogP contribution in [0.5, 0.6) is 5.75 Å². The first-order valence-corrected chi connectivity index (χ1v) is 11.3. The summed E-state index contributed by atoms with van der Waals surface area (Å²) in [5, 5.41) is 16.6. The third-order valence-corrected chi connectivity index (χ3v) is 6.59. The lowest BCUT2D eigenvalue weighted by Crippen LogP contribution is -2.40. The number of ether oxygens (including phenoxy) is 1. The number of aromatic nitrogens is 6. The van der Waals surface area contributed by atoms with Crippen LogP contribution in [0, 0.1) is 0 Å². The van der Waals surface area contributed by atoms with Crippen molar-refractivity contribution in [3.8, 4) is 17.0 Å². The third kappa shape index (κ3) is 3.52. The van der Waals surface area contributed by atoms with Crippen molar-refractivity contribution in [2.24, 2.45) is 0 Å². The van der Waals surface area contributed by atoms with Gasteiger partial charge in [-0.15, -0.1) is 0 Å². The molecule has 1 aliphatic carbocycles. The lowest BCUT2D eigenvalue weighted by Gasteiger charge is -2.35. The van der Waals surface area contributed by atoms with Gasteiger partial charge in [0.2, 0.25) is 0 Å². The monoisotopic (exact) mass is 439 g/mol. The summed E-state index contributed by atoms with van der Waals surface area (Å²) in [5.41, 5.74) is 5.59. The first-order chi connectivity index (χ1) is 16.2. The number of nitrogens with zero attached hydrogens (tertiary/aromatic N) is 5. The van der Waals surface area contributed by atoms with Gasteiger partial charge >= 0.3 is 0 Å². The predicted octanol–water partition coefficient (Wildman–Crippen LogP) is 4.43. The van der Waals surface area contributed by atoms with Crippen LogP contribution in [-0.4, -0.2) is 43.0 Å². The third-order valence-electron chi connectivity index (χ3n) is 6.59. The van der Waals surface area contributed by atoms with Gasteiger partial charge in [-0.05, 0) is 51.1 Å². The van der Waals surface area contributed by atoms with Crippen LogP contribution in [0.3, 0.4) is 0 Å². The molecule has 33 heavy (non-hydrogen) atoms. The van der Waals surface area contributed by atoms with E-state index in [0.29, 0.717) is 12.1 Å². The Balaban J connectivity index is 1.28. The van der Waals surface area contributed by atoms with Crippen LogP contribution >= 0.6 is 0 Å². The molecule has 3 heterocycles. The predicted molar refractivity (Wildman–Crippen MR) is 127 cm³/mol. The molecule has 1 unspecified atom stereocenters. The van der Waals surface area contributed by atoms with Gasteiger partial charge in [-0.2, -0.15) is 10.2 Å². The van der Waals surface area contributed by atoms with Crippen LogP contribution in [0.4, 0.5) is 0 Å². The molecule has 0 aliphatic heterocycles. The van der Waals surface area contributed by atoms with Crippen molar-refractivity contribution in [2.45, 2.75) is 38.0 Å². The summed E-state index contributed by atoms with van der Waals surface area (Å²) < 4.78 is 8.40. The molecule has 8 nitrogen and oxygen atoms in total. The van der Waals surface area contributed by atoms with Gasteiger partial charge in [-0.1, -0.05) is 12.1 Å². The molecule has 166 valence electrons. The summed E-state index contributed by atoms with van der Waals surface area (Å²) in [6, 6.07) is 13.0. The fraction of sp³-hybridized carbons (Fsp3) is 0.280. The van der Waals surface area contributed by atoms with Gasteiger partial charge in [0.05, 0.1) is 28.8 Å². The summed E-state index contributed by atoms with van der Waals surface area (Å²) in [6.45, 7) is 2.03. The highest BCUT2D eigenvalue weighted by Gasteiger charge is 2.30. The van der Waals surface area contributed by atoms with E-state index < -0.39 is 0 Å². The maximum Gasteiger partial charge on any atom is 0.123 e. The average Bonchev–Trinajstić information content (AvgIpc) is 3.45. The van der Waals surface area contributed by atoms with Gasteiger partial charge in [0, 0.05) is 41.1 Å².